The van der Waals surface area contributed by atoms with Crippen molar-refractivity contribution in [1.29, 1.82) is 5.26 Å². The van der Waals surface area contributed by atoms with Crippen molar-refractivity contribution >= 4 is 33.9 Å². The molecule has 0 radical (unpaired) electrons. The summed E-state index contributed by atoms with van der Waals surface area (Å²) in [5.41, 5.74) is 11.1. The second-order valence-electron chi connectivity index (χ2n) is 10.1. The summed E-state index contributed by atoms with van der Waals surface area (Å²) in [5, 5.41) is 29.9. The number of rotatable bonds is 10. The van der Waals surface area contributed by atoms with E-state index in [1.54, 1.807) is 12.1 Å². The Kier molecular flexibility index (Phi) is 7.57. The van der Waals surface area contributed by atoms with Gasteiger partial charge in [0.05, 0.1) is 39.6 Å². The van der Waals surface area contributed by atoms with Crippen molar-refractivity contribution in [3.8, 4) is 6.07 Å². The van der Waals surface area contributed by atoms with Crippen molar-refractivity contribution in [1.82, 2.24) is 25.9 Å². The van der Waals surface area contributed by atoms with Gasteiger partial charge in [-0.15, -0.1) is 5.53 Å². The second kappa shape index (κ2) is 11.6. The first kappa shape index (κ1) is 26.8. The van der Waals surface area contributed by atoms with Crippen molar-refractivity contribution in [3.63, 3.8) is 0 Å². The number of hydrogen-bond acceptors (Lipinski definition) is 9. The molecule has 1 fully saturated rings. The topological polar surface area (TPSA) is 121 Å². The second-order valence-corrected chi connectivity index (χ2v) is 10.5. The average Bonchev–Trinajstić information content (AvgIpc) is 3.73. The Labute approximate surface area is 241 Å². The van der Waals surface area contributed by atoms with Gasteiger partial charge in [-0.05, 0) is 48.6 Å². The van der Waals surface area contributed by atoms with Crippen LogP contribution in [0.15, 0.2) is 78.9 Å². The summed E-state index contributed by atoms with van der Waals surface area (Å²) in [7, 11) is 0. The van der Waals surface area contributed by atoms with Crippen LogP contribution in [0.2, 0.25) is 5.02 Å². The molecule has 9 nitrogen and oxygen atoms in total. The van der Waals surface area contributed by atoms with E-state index in [9.17, 15) is 14.8 Å². The molecule has 11 heteroatoms. The first-order chi connectivity index (χ1) is 20.0. The van der Waals surface area contributed by atoms with Crippen molar-refractivity contribution in [2.45, 2.75) is 37.4 Å². The Balaban J connectivity index is 1.41. The minimum Gasteiger partial charge on any atom is -0.396 e. The molecule has 0 spiro atoms. The molecule has 0 saturated heterocycles. The highest BCUT2D eigenvalue weighted by atomic mass is 35.5. The van der Waals surface area contributed by atoms with Gasteiger partial charge in [0.1, 0.15) is 6.07 Å². The maximum absolute atomic E-state index is 13.7. The lowest BCUT2D eigenvalue weighted by Gasteiger charge is -2.24. The van der Waals surface area contributed by atoms with Gasteiger partial charge in [0, 0.05) is 42.3 Å². The number of nitrogens with one attached hydrogen (secondary N) is 4. The molecule has 0 bridgehead atoms. The van der Waals surface area contributed by atoms with E-state index in [1.165, 1.54) is 18.5 Å². The molecule has 2 atom stereocenters. The fourth-order valence-electron chi connectivity index (χ4n) is 5.00. The van der Waals surface area contributed by atoms with Gasteiger partial charge >= 0.3 is 0 Å². The molecule has 0 amide bonds. The number of pyridine rings is 2. The number of hydrazine groups is 2. The lowest BCUT2D eigenvalue weighted by Crippen LogP contribution is -2.38. The number of nitriles is 1. The van der Waals surface area contributed by atoms with E-state index in [0.29, 0.717) is 45.3 Å². The van der Waals surface area contributed by atoms with Crippen LogP contribution < -0.4 is 21.6 Å². The Bertz CT molecular complexity index is 1620. The number of aliphatic hydroxyl groups excluding tert-OH is 1. The molecule has 5 N–H and O–H groups in total. The number of aromatic nitrogens is 2. The molecule has 1 aliphatic carbocycles. The van der Waals surface area contributed by atoms with Crippen LogP contribution in [-0.2, 0) is 0 Å². The van der Waals surface area contributed by atoms with Gasteiger partial charge in [-0.2, -0.15) is 9.65 Å². The third-order valence-electron chi connectivity index (χ3n) is 7.24. The number of hydrogen-bond donors (Lipinski definition) is 5. The zero-order chi connectivity index (χ0) is 28.3. The Morgan fingerprint density at radius 1 is 1.10 bits per heavy atom. The van der Waals surface area contributed by atoms with Crippen LogP contribution in [0.25, 0.3) is 10.9 Å². The molecule has 41 heavy (non-hydrogen) atoms. The molecule has 2 aromatic carbocycles. The van der Waals surface area contributed by atoms with Crippen LogP contribution in [0.3, 0.4) is 0 Å². The van der Waals surface area contributed by atoms with Gasteiger partial charge in [-0.3, -0.25) is 9.99 Å². The van der Waals surface area contributed by atoms with Crippen LogP contribution in [-0.4, -0.2) is 32.7 Å². The molecular weight excluding hydrogens is 543 g/mol. The van der Waals surface area contributed by atoms with E-state index < -0.39 is 12.0 Å². The van der Waals surface area contributed by atoms with Gasteiger partial charge in [-0.1, -0.05) is 48.0 Å². The van der Waals surface area contributed by atoms with E-state index in [-0.39, 0.29) is 12.6 Å². The molecule has 2 aliphatic rings. The lowest BCUT2D eigenvalue weighted by molar-refractivity contribution is 0.260. The predicted molar refractivity (Wildman–Crippen MR) is 156 cm³/mol. The highest BCUT2D eigenvalue weighted by molar-refractivity contribution is 6.35. The van der Waals surface area contributed by atoms with Crippen LogP contribution in [0.4, 0.5) is 15.8 Å². The molecule has 208 valence electrons. The van der Waals surface area contributed by atoms with Crippen LogP contribution in [0, 0.1) is 17.3 Å². The normalized spacial score (nSPS) is 16.0. The fourth-order valence-corrected chi connectivity index (χ4v) is 5.27. The summed E-state index contributed by atoms with van der Waals surface area (Å²) >= 11 is 6.76. The van der Waals surface area contributed by atoms with Crippen LogP contribution in [0.1, 0.15) is 48.0 Å². The lowest BCUT2D eigenvalue weighted by atomic mass is 10.0. The van der Waals surface area contributed by atoms with Gasteiger partial charge in [0.15, 0.2) is 0 Å². The quantitative estimate of drug-likeness (QED) is 0.161. The highest BCUT2D eigenvalue weighted by Gasteiger charge is 2.32. The Hall–Kier alpha value is -4.43. The maximum Gasteiger partial charge on any atom is 0.212 e. The highest BCUT2D eigenvalue weighted by Crippen LogP contribution is 2.38. The largest absolute Gasteiger partial charge is 0.396 e. The van der Waals surface area contributed by atoms with Crippen molar-refractivity contribution in [2.24, 2.45) is 0 Å². The summed E-state index contributed by atoms with van der Waals surface area (Å²) in [6, 6.07) is 18.4. The van der Waals surface area contributed by atoms with E-state index in [1.807, 2.05) is 47.6 Å². The standard InChI is InChI=1S/C30H28ClFN8O/c31-24-13-21(36-29(19-6-9-27(32)34-15-19)26-17-40(39-38-26)22-7-8-22)12-23-28(20(14-33)16-35-30(23)24)37-25(10-11-41)18-4-2-1-3-5-18/h1-6,9,12-13,15-17,22,25,29,36,38-39,41H,7-8,10-11H2,(H,35,37)/t25-,29+/m1/s1. The van der Waals surface area contributed by atoms with Gasteiger partial charge in [-0.25, -0.2) is 4.98 Å². The minimum atomic E-state index is -0.561. The summed E-state index contributed by atoms with van der Waals surface area (Å²) in [5.74, 6) is -0.561. The molecule has 1 aliphatic heterocycles. The number of aliphatic hydroxyl groups is 1. The molecule has 4 aromatic rings. The summed E-state index contributed by atoms with van der Waals surface area (Å²) in [6.07, 6.45) is 7.67. The summed E-state index contributed by atoms with van der Waals surface area (Å²) in [6.45, 7) is -0.0353. The predicted octanol–water partition coefficient (Wildman–Crippen LogP) is 5.31. The zero-order valence-electron chi connectivity index (χ0n) is 22.0. The fraction of sp³-hybridized carbons (Fsp3) is 0.233. The van der Waals surface area contributed by atoms with E-state index in [4.69, 9.17) is 11.6 Å². The monoisotopic (exact) mass is 570 g/mol. The molecule has 1 saturated carbocycles. The molecule has 3 heterocycles. The van der Waals surface area contributed by atoms with Gasteiger partial charge in [0.2, 0.25) is 5.95 Å². The first-order valence-corrected chi connectivity index (χ1v) is 13.8. The third kappa shape index (κ3) is 5.74. The van der Waals surface area contributed by atoms with E-state index in [2.05, 4.69) is 37.6 Å². The number of halogens is 2. The summed E-state index contributed by atoms with van der Waals surface area (Å²) in [4.78, 5) is 8.34. The van der Waals surface area contributed by atoms with Crippen molar-refractivity contribution in [2.75, 3.05) is 17.2 Å². The van der Waals surface area contributed by atoms with Gasteiger partial charge in [0.25, 0.3) is 0 Å². The Morgan fingerprint density at radius 3 is 2.63 bits per heavy atom. The SMILES string of the molecule is N#Cc1cnc2c(Cl)cc(N[C@H](C3=CN(C4CC4)NN3)c3ccc(F)nc3)cc2c1N[C@H](CCO)c1ccccc1. The minimum absolute atomic E-state index is 0.0353. The third-order valence-corrected chi connectivity index (χ3v) is 7.53. The smallest absolute Gasteiger partial charge is 0.212 e. The maximum atomic E-state index is 13.7. The van der Waals surface area contributed by atoms with Crippen LogP contribution >= 0.6 is 11.6 Å². The number of nitrogens with zero attached hydrogens (tertiary/aromatic N) is 4. The first-order valence-electron chi connectivity index (χ1n) is 13.4. The van der Waals surface area contributed by atoms with Crippen molar-refractivity contribution < 1.29 is 9.50 Å². The van der Waals surface area contributed by atoms with Crippen LogP contribution in [0.5, 0.6) is 0 Å². The Morgan fingerprint density at radius 2 is 1.93 bits per heavy atom. The van der Waals surface area contributed by atoms with Crippen molar-refractivity contribution in [3.05, 3.63) is 107 Å². The molecular formula is C30H28ClFN8O. The molecule has 6 rings (SSSR count). The zero-order valence-corrected chi connectivity index (χ0v) is 22.7. The number of fused-ring (bicyclic) bond motifs is 1. The van der Waals surface area contributed by atoms with E-state index in [0.717, 1.165) is 29.7 Å². The van der Waals surface area contributed by atoms with Gasteiger partial charge < -0.3 is 21.2 Å². The molecule has 0 unspecified atom stereocenters. The number of benzene rings is 2. The summed E-state index contributed by atoms with van der Waals surface area (Å²) < 4.78 is 13.7. The molecule has 2 aromatic heterocycles. The number of anilines is 2. The average molecular weight is 571 g/mol. The van der Waals surface area contributed by atoms with E-state index >= 15 is 0 Å².